The van der Waals surface area contributed by atoms with E-state index in [4.69, 9.17) is 11.6 Å². The molecule has 0 aliphatic carbocycles. The predicted molar refractivity (Wildman–Crippen MR) is 84.1 cm³/mol. The summed E-state index contributed by atoms with van der Waals surface area (Å²) >= 11 is 6.30. The molecule has 0 spiro atoms. The van der Waals surface area contributed by atoms with E-state index in [-0.39, 0.29) is 5.92 Å². The maximum absolute atomic E-state index is 10.4. The highest BCUT2D eigenvalue weighted by Crippen LogP contribution is 2.25. The zero-order valence-electron chi connectivity index (χ0n) is 13.5. The minimum absolute atomic E-state index is 0.254. The van der Waals surface area contributed by atoms with Crippen LogP contribution in [0.1, 0.15) is 58.2 Å². The quantitative estimate of drug-likeness (QED) is 0.814. The fourth-order valence-corrected chi connectivity index (χ4v) is 2.45. The summed E-state index contributed by atoms with van der Waals surface area (Å²) < 4.78 is 1.71. The van der Waals surface area contributed by atoms with Gasteiger partial charge in [-0.05, 0) is 18.8 Å². The third-order valence-electron chi connectivity index (χ3n) is 4.11. The molecule has 0 fully saturated rings. The topological polar surface area (TPSA) is 50.1 Å². The second-order valence-electron chi connectivity index (χ2n) is 6.20. The molecule has 4 nitrogen and oxygen atoms in total. The Morgan fingerprint density at radius 2 is 2.00 bits per heavy atom. The molecular formula is C15H28ClN3O. The van der Waals surface area contributed by atoms with Gasteiger partial charge in [-0.25, -0.2) is 0 Å². The number of hydrogen-bond donors (Lipinski definition) is 2. The van der Waals surface area contributed by atoms with Gasteiger partial charge in [0, 0.05) is 25.7 Å². The van der Waals surface area contributed by atoms with E-state index >= 15 is 0 Å². The zero-order valence-corrected chi connectivity index (χ0v) is 14.3. The van der Waals surface area contributed by atoms with Crippen LogP contribution in [-0.2, 0) is 13.6 Å². The van der Waals surface area contributed by atoms with Gasteiger partial charge >= 0.3 is 0 Å². The van der Waals surface area contributed by atoms with Crippen LogP contribution in [-0.4, -0.2) is 27.0 Å². The fraction of sp³-hybridized carbons (Fsp3) is 0.800. The van der Waals surface area contributed by atoms with Gasteiger partial charge in [-0.1, -0.05) is 45.7 Å². The average molecular weight is 302 g/mol. The lowest BCUT2D eigenvalue weighted by atomic mass is 9.88. The molecule has 1 heterocycles. The third-order valence-corrected chi connectivity index (χ3v) is 4.58. The summed E-state index contributed by atoms with van der Waals surface area (Å²) in [6, 6.07) is 0. The van der Waals surface area contributed by atoms with Crippen molar-refractivity contribution >= 4 is 11.6 Å². The van der Waals surface area contributed by atoms with Crippen LogP contribution in [0.25, 0.3) is 0 Å². The molecule has 5 heteroatoms. The van der Waals surface area contributed by atoms with Crippen molar-refractivity contribution in [2.75, 3.05) is 6.54 Å². The maximum atomic E-state index is 10.4. The Labute approximate surface area is 127 Å². The molecule has 20 heavy (non-hydrogen) atoms. The van der Waals surface area contributed by atoms with E-state index < -0.39 is 5.60 Å². The van der Waals surface area contributed by atoms with Gasteiger partial charge in [0.15, 0.2) is 0 Å². The fourth-order valence-electron chi connectivity index (χ4n) is 2.25. The molecule has 2 N–H and O–H groups in total. The van der Waals surface area contributed by atoms with Gasteiger partial charge in [0.05, 0.1) is 11.3 Å². The summed E-state index contributed by atoms with van der Waals surface area (Å²) in [5, 5.41) is 18.8. The SMILES string of the molecule is CCC(C)C(C)(O)CNCc1c(C(C)C)nn(C)c1Cl. The number of aryl methyl sites for hydroxylation is 1. The van der Waals surface area contributed by atoms with E-state index in [2.05, 4.69) is 38.1 Å². The first-order valence-electron chi connectivity index (χ1n) is 7.35. The largest absolute Gasteiger partial charge is 0.389 e. The maximum Gasteiger partial charge on any atom is 0.131 e. The van der Waals surface area contributed by atoms with Crippen molar-refractivity contribution in [1.29, 1.82) is 0 Å². The number of nitrogens with one attached hydrogen (secondary N) is 1. The normalized spacial score (nSPS) is 16.4. The molecule has 1 rings (SSSR count). The highest BCUT2D eigenvalue weighted by Gasteiger charge is 2.27. The summed E-state index contributed by atoms with van der Waals surface area (Å²) in [7, 11) is 1.85. The van der Waals surface area contributed by atoms with Crippen LogP contribution in [0.4, 0.5) is 0 Å². The van der Waals surface area contributed by atoms with E-state index in [0.717, 1.165) is 17.7 Å². The number of aromatic nitrogens is 2. The van der Waals surface area contributed by atoms with Crippen molar-refractivity contribution in [1.82, 2.24) is 15.1 Å². The lowest BCUT2D eigenvalue weighted by Crippen LogP contribution is -2.42. The van der Waals surface area contributed by atoms with Crippen molar-refractivity contribution in [3.8, 4) is 0 Å². The Balaban J connectivity index is 2.71. The van der Waals surface area contributed by atoms with Crippen LogP contribution in [0.2, 0.25) is 5.15 Å². The van der Waals surface area contributed by atoms with Crippen LogP contribution in [0.3, 0.4) is 0 Å². The Bertz CT molecular complexity index is 441. The van der Waals surface area contributed by atoms with Gasteiger partial charge in [-0.15, -0.1) is 0 Å². The Hall–Kier alpha value is -0.580. The summed E-state index contributed by atoms with van der Waals surface area (Å²) in [6.45, 7) is 11.4. The molecule has 2 unspecified atom stereocenters. The van der Waals surface area contributed by atoms with Crippen molar-refractivity contribution in [2.24, 2.45) is 13.0 Å². The van der Waals surface area contributed by atoms with E-state index in [1.165, 1.54) is 0 Å². The van der Waals surface area contributed by atoms with Crippen molar-refractivity contribution < 1.29 is 5.11 Å². The lowest BCUT2D eigenvalue weighted by molar-refractivity contribution is 0.00533. The summed E-state index contributed by atoms with van der Waals surface area (Å²) in [6.07, 6.45) is 0.958. The Morgan fingerprint density at radius 3 is 2.50 bits per heavy atom. The summed E-state index contributed by atoms with van der Waals surface area (Å²) in [5.41, 5.74) is 1.35. The second kappa shape index (κ2) is 6.92. The standard InChI is InChI=1S/C15H28ClN3O/c1-7-11(4)15(5,20)9-17-8-12-13(10(2)3)18-19(6)14(12)16/h10-11,17,20H,7-9H2,1-6H3. The number of hydrogen-bond acceptors (Lipinski definition) is 3. The van der Waals surface area contributed by atoms with Crippen LogP contribution in [0.5, 0.6) is 0 Å². The smallest absolute Gasteiger partial charge is 0.131 e. The molecular weight excluding hydrogens is 274 g/mol. The van der Waals surface area contributed by atoms with Crippen molar-refractivity contribution in [3.63, 3.8) is 0 Å². The third kappa shape index (κ3) is 3.96. The molecule has 0 radical (unpaired) electrons. The molecule has 0 saturated heterocycles. The number of halogens is 1. The van der Waals surface area contributed by atoms with Gasteiger partial charge in [0.2, 0.25) is 0 Å². The molecule has 0 aliphatic rings. The first kappa shape index (κ1) is 17.5. The van der Waals surface area contributed by atoms with Crippen LogP contribution < -0.4 is 5.32 Å². The van der Waals surface area contributed by atoms with Crippen LogP contribution in [0.15, 0.2) is 0 Å². The van der Waals surface area contributed by atoms with E-state index in [1.807, 2.05) is 14.0 Å². The highest BCUT2D eigenvalue weighted by atomic mass is 35.5. The van der Waals surface area contributed by atoms with Gasteiger partial charge in [0.25, 0.3) is 0 Å². The zero-order chi connectivity index (χ0) is 15.5. The molecule has 2 atom stereocenters. The molecule has 0 saturated carbocycles. The molecule has 0 amide bonds. The summed E-state index contributed by atoms with van der Waals surface area (Å²) in [4.78, 5) is 0. The second-order valence-corrected chi connectivity index (χ2v) is 6.56. The summed E-state index contributed by atoms with van der Waals surface area (Å²) in [5.74, 6) is 0.588. The molecule has 1 aromatic rings. The Morgan fingerprint density at radius 1 is 1.40 bits per heavy atom. The first-order chi connectivity index (χ1) is 9.20. The molecule has 0 aliphatic heterocycles. The highest BCUT2D eigenvalue weighted by molar-refractivity contribution is 6.30. The predicted octanol–water partition coefficient (Wildman–Crippen LogP) is 3.08. The minimum Gasteiger partial charge on any atom is -0.389 e. The van der Waals surface area contributed by atoms with E-state index in [9.17, 15) is 5.11 Å². The molecule has 1 aromatic heterocycles. The van der Waals surface area contributed by atoms with Gasteiger partial charge in [0.1, 0.15) is 5.15 Å². The molecule has 0 bridgehead atoms. The molecule has 116 valence electrons. The minimum atomic E-state index is -0.707. The van der Waals surface area contributed by atoms with Crippen molar-refractivity contribution in [3.05, 3.63) is 16.4 Å². The van der Waals surface area contributed by atoms with Crippen LogP contribution in [0, 0.1) is 5.92 Å². The van der Waals surface area contributed by atoms with Crippen LogP contribution >= 0.6 is 11.6 Å². The monoisotopic (exact) mass is 301 g/mol. The number of aliphatic hydroxyl groups is 1. The number of rotatable bonds is 7. The van der Waals surface area contributed by atoms with Gasteiger partial charge in [-0.3, -0.25) is 4.68 Å². The van der Waals surface area contributed by atoms with Gasteiger partial charge in [-0.2, -0.15) is 5.10 Å². The van der Waals surface area contributed by atoms with E-state index in [1.54, 1.807) is 4.68 Å². The lowest BCUT2D eigenvalue weighted by Gasteiger charge is -2.30. The first-order valence-corrected chi connectivity index (χ1v) is 7.72. The Kier molecular flexibility index (Phi) is 6.05. The molecule has 0 aromatic carbocycles. The number of nitrogens with zero attached hydrogens (tertiary/aromatic N) is 2. The van der Waals surface area contributed by atoms with Gasteiger partial charge < -0.3 is 10.4 Å². The van der Waals surface area contributed by atoms with E-state index in [0.29, 0.717) is 24.2 Å². The van der Waals surface area contributed by atoms with Crippen molar-refractivity contribution in [2.45, 2.75) is 59.1 Å². The average Bonchev–Trinajstić information content (AvgIpc) is 2.65.